The molecule has 0 saturated carbocycles. The number of aromatic hydroxyl groups is 1. The van der Waals surface area contributed by atoms with Crippen molar-refractivity contribution in [2.75, 3.05) is 0 Å². The maximum Gasteiger partial charge on any atom is 0.416 e. The van der Waals surface area contributed by atoms with Gasteiger partial charge in [0.2, 0.25) is 0 Å². The number of halogens is 3. The van der Waals surface area contributed by atoms with E-state index in [0.717, 1.165) is 17.7 Å². The zero-order valence-electron chi connectivity index (χ0n) is 16.6. The van der Waals surface area contributed by atoms with E-state index in [1.54, 1.807) is 18.2 Å². The molecule has 0 bridgehead atoms. The summed E-state index contributed by atoms with van der Waals surface area (Å²) in [6, 6.07) is 22.0. The van der Waals surface area contributed by atoms with E-state index in [4.69, 9.17) is 5.84 Å². The van der Waals surface area contributed by atoms with Crippen LogP contribution in [0.3, 0.4) is 0 Å². The van der Waals surface area contributed by atoms with E-state index in [1.165, 1.54) is 24.3 Å². The molecular weight excluding hydrogens is 417 g/mol. The Hall–Kier alpha value is -4.20. The quantitative estimate of drug-likeness (QED) is 0.261. The number of benzene rings is 3. The molecule has 160 valence electrons. The molecule has 0 atom stereocenters. The molecule has 0 radical (unpaired) electrons. The van der Waals surface area contributed by atoms with Gasteiger partial charge in [-0.15, -0.1) is 0 Å². The maximum atomic E-state index is 13.0. The molecule has 0 aliphatic heterocycles. The number of nitrogens with zero attached hydrogens (tertiary/aromatic N) is 3. The van der Waals surface area contributed by atoms with Crippen molar-refractivity contribution in [3.05, 3.63) is 102 Å². The van der Waals surface area contributed by atoms with Crippen LogP contribution in [0.4, 0.5) is 13.2 Å². The standard InChI is InChI=1S/C24H17F3N4O/c25-24(26,27)18-10-6-16(7-11-18)21-14-20(15-4-2-1-3-5-15)29-23(30-21)22(31-28)17-8-12-19(32)13-9-17/h1-14,32H,28H2. The van der Waals surface area contributed by atoms with E-state index < -0.39 is 11.7 Å². The Morgan fingerprint density at radius 3 is 1.88 bits per heavy atom. The fraction of sp³-hybridized carbons (Fsp3) is 0.0417. The van der Waals surface area contributed by atoms with Gasteiger partial charge in [-0.25, -0.2) is 9.97 Å². The predicted octanol–water partition coefficient (Wildman–Crippen LogP) is 5.25. The van der Waals surface area contributed by atoms with Crippen LogP contribution < -0.4 is 5.84 Å². The van der Waals surface area contributed by atoms with Crippen molar-refractivity contribution < 1.29 is 18.3 Å². The Morgan fingerprint density at radius 2 is 1.34 bits per heavy atom. The lowest BCUT2D eigenvalue weighted by atomic mass is 10.0. The van der Waals surface area contributed by atoms with E-state index in [9.17, 15) is 18.3 Å². The third-order valence-electron chi connectivity index (χ3n) is 4.79. The van der Waals surface area contributed by atoms with Crippen LogP contribution in [0.25, 0.3) is 22.5 Å². The van der Waals surface area contributed by atoms with E-state index >= 15 is 0 Å². The summed E-state index contributed by atoms with van der Waals surface area (Å²) in [5.74, 6) is 5.92. The Labute approximate surface area is 181 Å². The van der Waals surface area contributed by atoms with E-state index in [1.807, 2.05) is 30.3 Å². The molecule has 0 spiro atoms. The highest BCUT2D eigenvalue weighted by molar-refractivity contribution is 6.10. The highest BCUT2D eigenvalue weighted by Gasteiger charge is 2.30. The lowest BCUT2D eigenvalue weighted by Crippen LogP contribution is -2.12. The zero-order valence-corrected chi connectivity index (χ0v) is 16.6. The molecule has 0 aliphatic rings. The normalized spacial score (nSPS) is 12.0. The number of alkyl halides is 3. The molecule has 0 fully saturated rings. The predicted molar refractivity (Wildman–Crippen MR) is 116 cm³/mol. The lowest BCUT2D eigenvalue weighted by Gasteiger charge is -2.12. The number of nitrogens with two attached hydrogens (primary N) is 1. The molecule has 8 heteroatoms. The molecule has 32 heavy (non-hydrogen) atoms. The van der Waals surface area contributed by atoms with Crippen molar-refractivity contribution in [2.45, 2.75) is 6.18 Å². The molecule has 4 rings (SSSR count). The smallest absolute Gasteiger partial charge is 0.416 e. The van der Waals surface area contributed by atoms with Gasteiger partial charge in [-0.3, -0.25) is 0 Å². The molecule has 0 aliphatic carbocycles. The van der Waals surface area contributed by atoms with Gasteiger partial charge in [-0.2, -0.15) is 18.3 Å². The molecule has 3 aromatic carbocycles. The average Bonchev–Trinajstić information content (AvgIpc) is 2.81. The highest BCUT2D eigenvalue weighted by atomic mass is 19.4. The fourth-order valence-electron chi connectivity index (χ4n) is 3.17. The van der Waals surface area contributed by atoms with E-state index in [2.05, 4.69) is 15.1 Å². The first-order chi connectivity index (χ1) is 15.3. The van der Waals surface area contributed by atoms with Crippen molar-refractivity contribution in [3.8, 4) is 28.3 Å². The molecule has 5 nitrogen and oxygen atoms in total. The molecule has 0 unspecified atom stereocenters. The topological polar surface area (TPSA) is 84.4 Å². The minimum absolute atomic E-state index is 0.0783. The summed E-state index contributed by atoms with van der Waals surface area (Å²) in [6.45, 7) is 0. The van der Waals surface area contributed by atoms with Crippen LogP contribution in [-0.4, -0.2) is 20.8 Å². The van der Waals surface area contributed by atoms with Gasteiger partial charge in [-0.05, 0) is 42.5 Å². The van der Waals surface area contributed by atoms with Crippen molar-refractivity contribution in [2.24, 2.45) is 10.9 Å². The Bertz CT molecular complexity index is 1250. The summed E-state index contributed by atoms with van der Waals surface area (Å²) in [5.41, 5.74) is 2.37. The van der Waals surface area contributed by atoms with Gasteiger partial charge in [0.25, 0.3) is 0 Å². The summed E-state index contributed by atoms with van der Waals surface area (Å²) in [6.07, 6.45) is -4.43. The molecule has 0 saturated heterocycles. The van der Waals surface area contributed by atoms with Gasteiger partial charge in [0.15, 0.2) is 5.82 Å². The van der Waals surface area contributed by atoms with Crippen molar-refractivity contribution in [1.29, 1.82) is 0 Å². The fourth-order valence-corrected chi connectivity index (χ4v) is 3.17. The van der Waals surface area contributed by atoms with Gasteiger partial charge in [-0.1, -0.05) is 42.5 Å². The summed E-state index contributed by atoms with van der Waals surface area (Å²) >= 11 is 0. The second-order valence-corrected chi connectivity index (χ2v) is 6.93. The van der Waals surface area contributed by atoms with Crippen LogP contribution in [0.5, 0.6) is 5.75 Å². The van der Waals surface area contributed by atoms with E-state index in [0.29, 0.717) is 22.5 Å². The van der Waals surface area contributed by atoms with Crippen molar-refractivity contribution >= 4 is 5.71 Å². The number of hydrazone groups is 1. The molecule has 1 heterocycles. The lowest BCUT2D eigenvalue weighted by molar-refractivity contribution is -0.137. The van der Waals surface area contributed by atoms with Crippen LogP contribution >= 0.6 is 0 Å². The molecule has 4 aromatic rings. The van der Waals surface area contributed by atoms with Crippen LogP contribution in [0.2, 0.25) is 0 Å². The highest BCUT2D eigenvalue weighted by Crippen LogP contribution is 2.31. The molecule has 3 N–H and O–H groups in total. The van der Waals surface area contributed by atoms with Crippen LogP contribution in [0.1, 0.15) is 17.0 Å². The summed E-state index contributed by atoms with van der Waals surface area (Å²) < 4.78 is 38.9. The monoisotopic (exact) mass is 434 g/mol. The molecule has 0 amide bonds. The third-order valence-corrected chi connectivity index (χ3v) is 4.79. The minimum Gasteiger partial charge on any atom is -0.508 e. The average molecular weight is 434 g/mol. The molecular formula is C24H17F3N4O. The summed E-state index contributed by atoms with van der Waals surface area (Å²) in [5, 5.41) is 13.4. The Balaban J connectivity index is 1.86. The van der Waals surface area contributed by atoms with Crippen molar-refractivity contribution in [3.63, 3.8) is 0 Å². The van der Waals surface area contributed by atoms with Crippen LogP contribution in [0.15, 0.2) is 90.0 Å². The first-order valence-corrected chi connectivity index (χ1v) is 9.55. The van der Waals surface area contributed by atoms with Crippen LogP contribution in [-0.2, 0) is 6.18 Å². The maximum absolute atomic E-state index is 13.0. The Morgan fingerprint density at radius 1 is 0.781 bits per heavy atom. The van der Waals surface area contributed by atoms with Gasteiger partial charge < -0.3 is 10.9 Å². The third kappa shape index (κ3) is 4.44. The van der Waals surface area contributed by atoms with Gasteiger partial charge in [0.05, 0.1) is 17.0 Å². The number of phenolic OH excluding ortho intramolecular Hbond substituents is 1. The summed E-state index contributed by atoms with van der Waals surface area (Å²) in [4.78, 5) is 9.12. The largest absolute Gasteiger partial charge is 0.508 e. The second kappa shape index (κ2) is 8.50. The number of aromatic nitrogens is 2. The number of rotatable bonds is 4. The second-order valence-electron chi connectivity index (χ2n) is 6.93. The van der Waals surface area contributed by atoms with E-state index in [-0.39, 0.29) is 17.3 Å². The number of hydrogen-bond donors (Lipinski definition) is 2. The first-order valence-electron chi connectivity index (χ1n) is 9.55. The van der Waals surface area contributed by atoms with Crippen LogP contribution in [0, 0.1) is 0 Å². The summed E-state index contributed by atoms with van der Waals surface area (Å²) in [7, 11) is 0. The minimum atomic E-state index is -4.43. The molecule has 1 aromatic heterocycles. The van der Waals surface area contributed by atoms with Crippen molar-refractivity contribution in [1.82, 2.24) is 9.97 Å². The first kappa shape index (κ1) is 21.0. The number of hydrogen-bond acceptors (Lipinski definition) is 5. The number of phenols is 1. The Kier molecular flexibility index (Phi) is 5.59. The van der Waals surface area contributed by atoms with Gasteiger partial charge in [0, 0.05) is 16.7 Å². The SMILES string of the molecule is NN=C(c1ccc(O)cc1)c1nc(-c2ccccc2)cc(-c2ccc(C(F)(F)F)cc2)n1. The van der Waals surface area contributed by atoms with Gasteiger partial charge >= 0.3 is 6.18 Å². The zero-order chi connectivity index (χ0) is 22.7. The van der Waals surface area contributed by atoms with Gasteiger partial charge in [0.1, 0.15) is 11.5 Å².